The van der Waals surface area contributed by atoms with Crippen LogP contribution < -0.4 is 5.32 Å². The smallest absolute Gasteiger partial charge is 0.224 e. The van der Waals surface area contributed by atoms with E-state index in [1.165, 1.54) is 16.2 Å². The van der Waals surface area contributed by atoms with Crippen molar-refractivity contribution in [2.45, 2.75) is 52.0 Å². The molecule has 1 heterocycles. The molecule has 0 aliphatic carbocycles. The minimum atomic E-state index is 0.0438. The van der Waals surface area contributed by atoms with E-state index in [0.29, 0.717) is 12.3 Å². The van der Waals surface area contributed by atoms with Crippen LogP contribution in [0.4, 0.5) is 5.69 Å². The Bertz CT molecular complexity index is 689. The van der Waals surface area contributed by atoms with E-state index in [0.717, 1.165) is 24.3 Å². The Hall–Kier alpha value is -1.75. The van der Waals surface area contributed by atoms with E-state index < -0.39 is 0 Å². The summed E-state index contributed by atoms with van der Waals surface area (Å²) >= 11 is 1.69. The minimum Gasteiger partial charge on any atom is -0.326 e. The molecule has 0 saturated heterocycles. The van der Waals surface area contributed by atoms with Crippen LogP contribution in [0.1, 0.15) is 37.2 Å². The molecule has 0 saturated carbocycles. The number of aryl methyl sites for hydroxylation is 1. The van der Waals surface area contributed by atoms with Crippen molar-refractivity contribution < 1.29 is 4.79 Å². The normalized spacial score (nSPS) is 11.1. The van der Waals surface area contributed by atoms with Crippen LogP contribution in [0.5, 0.6) is 0 Å². The first-order chi connectivity index (χ1) is 11.4. The number of carbonyl (C=O) groups excluding carboxylic acids is 1. The lowest BCUT2D eigenvalue weighted by Crippen LogP contribution is -2.13. The Morgan fingerprint density at radius 1 is 1.25 bits per heavy atom. The van der Waals surface area contributed by atoms with E-state index in [2.05, 4.69) is 35.9 Å². The van der Waals surface area contributed by atoms with Gasteiger partial charge in [-0.3, -0.25) is 9.48 Å². The number of thioether (sulfide) groups is 1. The number of anilines is 1. The number of amides is 1. The summed E-state index contributed by atoms with van der Waals surface area (Å²) in [5, 5.41) is 7.58. The van der Waals surface area contributed by atoms with Gasteiger partial charge in [0.1, 0.15) is 0 Å². The van der Waals surface area contributed by atoms with Crippen LogP contribution in [0, 0.1) is 19.8 Å². The summed E-state index contributed by atoms with van der Waals surface area (Å²) in [6.07, 6.45) is 3.24. The number of benzene rings is 1. The van der Waals surface area contributed by atoms with Crippen molar-refractivity contribution >= 4 is 23.4 Å². The highest BCUT2D eigenvalue weighted by Gasteiger charge is 2.13. The molecule has 0 atom stereocenters. The van der Waals surface area contributed by atoms with Gasteiger partial charge in [-0.05, 0) is 62.3 Å². The highest BCUT2D eigenvalue weighted by molar-refractivity contribution is 7.98. The number of hydrogen-bond donors (Lipinski definition) is 1. The summed E-state index contributed by atoms with van der Waals surface area (Å²) in [5.74, 6) is 0.603. The van der Waals surface area contributed by atoms with Crippen molar-refractivity contribution in [2.24, 2.45) is 5.92 Å². The number of aromatic nitrogens is 2. The van der Waals surface area contributed by atoms with Gasteiger partial charge in [0, 0.05) is 29.2 Å². The van der Waals surface area contributed by atoms with Crippen molar-refractivity contribution in [1.82, 2.24) is 9.78 Å². The molecule has 2 rings (SSSR count). The molecule has 0 bridgehead atoms. The highest BCUT2D eigenvalue weighted by Crippen LogP contribution is 2.19. The topological polar surface area (TPSA) is 46.9 Å². The van der Waals surface area contributed by atoms with E-state index >= 15 is 0 Å². The molecule has 0 aliphatic heterocycles. The molecule has 1 aromatic carbocycles. The maximum atomic E-state index is 12.2. The first kappa shape index (κ1) is 18.6. The summed E-state index contributed by atoms with van der Waals surface area (Å²) in [6, 6.07) is 7.93. The zero-order chi connectivity index (χ0) is 17.7. The van der Waals surface area contributed by atoms with Gasteiger partial charge in [0.05, 0.1) is 5.69 Å². The van der Waals surface area contributed by atoms with Crippen LogP contribution in [-0.4, -0.2) is 21.9 Å². The van der Waals surface area contributed by atoms with Gasteiger partial charge >= 0.3 is 0 Å². The largest absolute Gasteiger partial charge is 0.326 e. The predicted molar refractivity (Wildman–Crippen MR) is 102 cm³/mol. The molecule has 130 valence electrons. The molecule has 0 unspecified atom stereocenters. The molecule has 1 amide bonds. The second-order valence-electron chi connectivity index (χ2n) is 6.50. The van der Waals surface area contributed by atoms with E-state index in [1.807, 2.05) is 37.4 Å². The maximum absolute atomic E-state index is 12.2. The maximum Gasteiger partial charge on any atom is 0.224 e. The molecule has 0 radical (unpaired) electrons. The average molecular weight is 346 g/mol. The fraction of sp³-hybridized carbons (Fsp3) is 0.474. The zero-order valence-electron chi connectivity index (χ0n) is 15.2. The average Bonchev–Trinajstić information content (AvgIpc) is 2.79. The third kappa shape index (κ3) is 4.87. The van der Waals surface area contributed by atoms with E-state index in [9.17, 15) is 4.79 Å². The highest BCUT2D eigenvalue weighted by atomic mass is 32.2. The van der Waals surface area contributed by atoms with Crippen LogP contribution in [0.3, 0.4) is 0 Å². The van der Waals surface area contributed by atoms with Gasteiger partial charge in [-0.2, -0.15) is 5.10 Å². The first-order valence-electron chi connectivity index (χ1n) is 8.37. The molecule has 0 aliphatic rings. The second kappa shape index (κ2) is 8.38. The van der Waals surface area contributed by atoms with Crippen molar-refractivity contribution in [1.29, 1.82) is 0 Å². The van der Waals surface area contributed by atoms with Crippen molar-refractivity contribution in [3.63, 3.8) is 0 Å². The standard InChI is InChI=1S/C19H27N3OS/c1-13(2)12-22-15(4)18(14(3)21-22)10-11-19(23)20-16-6-8-17(24-5)9-7-16/h6-9,13H,10-12H2,1-5H3,(H,20,23). The fourth-order valence-electron chi connectivity index (χ4n) is 2.76. The summed E-state index contributed by atoms with van der Waals surface area (Å²) in [6.45, 7) is 9.41. The molecule has 24 heavy (non-hydrogen) atoms. The van der Waals surface area contributed by atoms with Crippen molar-refractivity contribution in [3.8, 4) is 0 Å². The Morgan fingerprint density at radius 2 is 1.92 bits per heavy atom. The van der Waals surface area contributed by atoms with Gasteiger partial charge in [-0.15, -0.1) is 11.8 Å². The summed E-state index contributed by atoms with van der Waals surface area (Å²) in [5.41, 5.74) is 4.26. The lowest BCUT2D eigenvalue weighted by Gasteiger charge is -2.08. The van der Waals surface area contributed by atoms with Gasteiger partial charge in [0.2, 0.25) is 5.91 Å². The third-order valence-electron chi connectivity index (χ3n) is 4.05. The molecule has 1 aromatic heterocycles. The Morgan fingerprint density at radius 3 is 2.50 bits per heavy atom. The molecule has 2 aromatic rings. The van der Waals surface area contributed by atoms with Crippen LogP contribution in [-0.2, 0) is 17.8 Å². The minimum absolute atomic E-state index is 0.0438. The van der Waals surface area contributed by atoms with Crippen molar-refractivity contribution in [3.05, 3.63) is 41.2 Å². The molecular formula is C19H27N3OS. The van der Waals surface area contributed by atoms with Gasteiger partial charge in [-0.25, -0.2) is 0 Å². The molecule has 0 fully saturated rings. The van der Waals surface area contributed by atoms with Gasteiger partial charge in [0.15, 0.2) is 0 Å². The number of nitrogens with zero attached hydrogens (tertiary/aromatic N) is 2. The molecule has 0 spiro atoms. The SMILES string of the molecule is CSc1ccc(NC(=O)CCc2c(C)nn(CC(C)C)c2C)cc1. The molecular weight excluding hydrogens is 318 g/mol. The van der Waals surface area contributed by atoms with Crippen LogP contribution in [0.15, 0.2) is 29.2 Å². The summed E-state index contributed by atoms with van der Waals surface area (Å²) < 4.78 is 2.06. The molecule has 5 heteroatoms. The molecule has 4 nitrogen and oxygen atoms in total. The van der Waals surface area contributed by atoms with E-state index in [1.54, 1.807) is 11.8 Å². The fourth-order valence-corrected chi connectivity index (χ4v) is 3.16. The monoisotopic (exact) mass is 345 g/mol. The number of rotatable bonds is 7. The summed E-state index contributed by atoms with van der Waals surface area (Å²) in [7, 11) is 0. The van der Waals surface area contributed by atoms with Crippen molar-refractivity contribution in [2.75, 3.05) is 11.6 Å². The third-order valence-corrected chi connectivity index (χ3v) is 4.79. The Labute approximate surface area is 149 Å². The lowest BCUT2D eigenvalue weighted by molar-refractivity contribution is -0.116. The Kier molecular flexibility index (Phi) is 6.49. The summed E-state index contributed by atoms with van der Waals surface area (Å²) in [4.78, 5) is 13.4. The second-order valence-corrected chi connectivity index (χ2v) is 7.38. The van der Waals surface area contributed by atoms with Gasteiger partial charge < -0.3 is 5.32 Å². The number of hydrogen-bond acceptors (Lipinski definition) is 3. The zero-order valence-corrected chi connectivity index (χ0v) is 16.0. The van der Waals surface area contributed by atoms with Gasteiger partial charge in [0.25, 0.3) is 0 Å². The van der Waals surface area contributed by atoms with Crippen LogP contribution >= 0.6 is 11.8 Å². The first-order valence-corrected chi connectivity index (χ1v) is 9.60. The predicted octanol–water partition coefficient (Wildman–Crippen LogP) is 4.45. The van der Waals surface area contributed by atoms with E-state index in [4.69, 9.17) is 0 Å². The molecule has 1 N–H and O–H groups in total. The number of nitrogens with one attached hydrogen (secondary N) is 1. The Balaban J connectivity index is 1.94. The number of carbonyl (C=O) groups is 1. The van der Waals surface area contributed by atoms with Crippen LogP contribution in [0.25, 0.3) is 0 Å². The van der Waals surface area contributed by atoms with E-state index in [-0.39, 0.29) is 5.91 Å². The lowest BCUT2D eigenvalue weighted by atomic mass is 10.1. The van der Waals surface area contributed by atoms with Gasteiger partial charge in [-0.1, -0.05) is 13.8 Å². The van der Waals surface area contributed by atoms with Crippen LogP contribution in [0.2, 0.25) is 0 Å². The quantitative estimate of drug-likeness (QED) is 0.754.